The standard InChI is InChI=1S/C13H27N3O2S/c1-3-8-16(13-4-7-14-11-13)19(17,18)15-9-5-12(2)6-10-15/h12-14H,3-11H2,1-2H3. The fourth-order valence-corrected chi connectivity index (χ4v) is 4.89. The van der Waals surface area contributed by atoms with Crippen molar-refractivity contribution in [3.63, 3.8) is 0 Å². The van der Waals surface area contributed by atoms with Crippen LogP contribution in [0.5, 0.6) is 0 Å². The van der Waals surface area contributed by atoms with Gasteiger partial charge in [0.15, 0.2) is 0 Å². The summed E-state index contributed by atoms with van der Waals surface area (Å²) < 4.78 is 29.0. The lowest BCUT2D eigenvalue weighted by Gasteiger charge is -2.36. The van der Waals surface area contributed by atoms with Crippen molar-refractivity contribution in [3.8, 4) is 0 Å². The van der Waals surface area contributed by atoms with Gasteiger partial charge in [-0.15, -0.1) is 0 Å². The zero-order valence-electron chi connectivity index (χ0n) is 12.1. The number of hydrogen-bond donors (Lipinski definition) is 1. The van der Waals surface area contributed by atoms with E-state index in [-0.39, 0.29) is 6.04 Å². The summed E-state index contributed by atoms with van der Waals surface area (Å²) in [4.78, 5) is 0. The van der Waals surface area contributed by atoms with Gasteiger partial charge < -0.3 is 5.32 Å². The Morgan fingerprint density at radius 2 is 1.95 bits per heavy atom. The zero-order valence-corrected chi connectivity index (χ0v) is 13.0. The zero-order chi connectivity index (χ0) is 13.9. The molecule has 2 aliphatic heterocycles. The Balaban J connectivity index is 2.09. The highest BCUT2D eigenvalue weighted by Gasteiger charge is 2.36. The van der Waals surface area contributed by atoms with Crippen LogP contribution in [0.3, 0.4) is 0 Å². The van der Waals surface area contributed by atoms with E-state index in [2.05, 4.69) is 12.2 Å². The molecule has 112 valence electrons. The van der Waals surface area contributed by atoms with Crippen LogP contribution in [0.4, 0.5) is 0 Å². The predicted molar refractivity (Wildman–Crippen MR) is 77.2 cm³/mol. The number of hydrogen-bond acceptors (Lipinski definition) is 3. The minimum absolute atomic E-state index is 0.143. The maximum atomic E-state index is 12.8. The van der Waals surface area contributed by atoms with Crippen molar-refractivity contribution in [1.29, 1.82) is 0 Å². The minimum atomic E-state index is -3.27. The van der Waals surface area contributed by atoms with Crippen molar-refractivity contribution >= 4 is 10.2 Å². The van der Waals surface area contributed by atoms with Crippen LogP contribution >= 0.6 is 0 Å². The topological polar surface area (TPSA) is 52.7 Å². The third kappa shape index (κ3) is 3.48. The van der Waals surface area contributed by atoms with Gasteiger partial charge in [0, 0.05) is 32.2 Å². The SMILES string of the molecule is CCCN(C1CCNC1)S(=O)(=O)N1CCC(C)CC1. The first-order valence-electron chi connectivity index (χ1n) is 7.53. The molecule has 5 nitrogen and oxygen atoms in total. The van der Waals surface area contributed by atoms with Crippen molar-refractivity contribution < 1.29 is 8.42 Å². The van der Waals surface area contributed by atoms with Gasteiger partial charge in [-0.2, -0.15) is 17.0 Å². The molecule has 0 aromatic rings. The minimum Gasteiger partial charge on any atom is -0.315 e. The van der Waals surface area contributed by atoms with Gasteiger partial charge in [-0.1, -0.05) is 13.8 Å². The molecule has 0 bridgehead atoms. The van der Waals surface area contributed by atoms with E-state index in [0.29, 0.717) is 25.6 Å². The first-order valence-corrected chi connectivity index (χ1v) is 8.93. The summed E-state index contributed by atoms with van der Waals surface area (Å²) in [5.74, 6) is 0.652. The van der Waals surface area contributed by atoms with E-state index in [1.807, 2.05) is 6.92 Å². The fraction of sp³-hybridized carbons (Fsp3) is 1.00. The third-order valence-electron chi connectivity index (χ3n) is 4.25. The summed E-state index contributed by atoms with van der Waals surface area (Å²) in [6.07, 6.45) is 3.79. The van der Waals surface area contributed by atoms with Gasteiger partial charge in [-0.05, 0) is 38.1 Å². The number of nitrogens with one attached hydrogen (secondary N) is 1. The van der Waals surface area contributed by atoms with Gasteiger partial charge in [0.05, 0.1) is 0 Å². The van der Waals surface area contributed by atoms with Crippen LogP contribution in [0.2, 0.25) is 0 Å². The largest absolute Gasteiger partial charge is 0.315 e. The molecule has 19 heavy (non-hydrogen) atoms. The second-order valence-electron chi connectivity index (χ2n) is 5.85. The highest BCUT2D eigenvalue weighted by molar-refractivity contribution is 7.86. The average molecular weight is 289 g/mol. The van der Waals surface area contributed by atoms with Crippen molar-refractivity contribution in [1.82, 2.24) is 13.9 Å². The van der Waals surface area contributed by atoms with Crippen molar-refractivity contribution in [2.45, 2.75) is 45.6 Å². The normalized spacial score (nSPS) is 27.2. The molecule has 0 aromatic carbocycles. The molecule has 2 fully saturated rings. The molecule has 6 heteroatoms. The van der Waals surface area contributed by atoms with Crippen LogP contribution in [-0.2, 0) is 10.2 Å². The predicted octanol–water partition coefficient (Wildman–Crippen LogP) is 1.04. The second kappa shape index (κ2) is 6.52. The highest BCUT2D eigenvalue weighted by Crippen LogP contribution is 2.23. The van der Waals surface area contributed by atoms with E-state index in [9.17, 15) is 8.42 Å². The lowest BCUT2D eigenvalue weighted by Crippen LogP contribution is -2.51. The molecule has 2 heterocycles. The summed E-state index contributed by atoms with van der Waals surface area (Å²) in [6, 6.07) is 0.143. The van der Waals surface area contributed by atoms with Gasteiger partial charge in [0.1, 0.15) is 0 Å². The lowest BCUT2D eigenvalue weighted by molar-refractivity contribution is 0.247. The molecule has 0 spiro atoms. The van der Waals surface area contributed by atoms with Crippen LogP contribution in [-0.4, -0.2) is 55.8 Å². The van der Waals surface area contributed by atoms with Gasteiger partial charge in [-0.3, -0.25) is 0 Å². The van der Waals surface area contributed by atoms with E-state index in [4.69, 9.17) is 0 Å². The Morgan fingerprint density at radius 3 is 2.47 bits per heavy atom. The fourth-order valence-electron chi connectivity index (χ4n) is 2.96. The van der Waals surface area contributed by atoms with E-state index in [1.165, 1.54) is 0 Å². The summed E-state index contributed by atoms with van der Waals surface area (Å²) in [7, 11) is -3.27. The van der Waals surface area contributed by atoms with E-state index in [1.54, 1.807) is 8.61 Å². The van der Waals surface area contributed by atoms with Gasteiger partial charge in [0.25, 0.3) is 10.2 Å². The first-order chi connectivity index (χ1) is 9.05. The van der Waals surface area contributed by atoms with Crippen molar-refractivity contribution in [2.75, 3.05) is 32.7 Å². The summed E-state index contributed by atoms with van der Waals surface area (Å²) in [5.41, 5.74) is 0. The molecule has 0 amide bonds. The molecule has 0 saturated carbocycles. The monoisotopic (exact) mass is 289 g/mol. The Morgan fingerprint density at radius 1 is 1.26 bits per heavy atom. The number of rotatable bonds is 5. The third-order valence-corrected chi connectivity index (χ3v) is 6.34. The van der Waals surface area contributed by atoms with Gasteiger partial charge in [-0.25, -0.2) is 0 Å². The molecular formula is C13H27N3O2S. The van der Waals surface area contributed by atoms with Crippen molar-refractivity contribution in [3.05, 3.63) is 0 Å². The van der Waals surface area contributed by atoms with Crippen molar-refractivity contribution in [2.24, 2.45) is 5.92 Å². The number of piperidine rings is 1. The number of nitrogens with zero attached hydrogens (tertiary/aromatic N) is 2. The highest BCUT2D eigenvalue weighted by atomic mass is 32.2. The average Bonchev–Trinajstić information content (AvgIpc) is 2.89. The van der Waals surface area contributed by atoms with E-state index in [0.717, 1.165) is 38.8 Å². The molecule has 1 unspecified atom stereocenters. The molecule has 1 N–H and O–H groups in total. The molecule has 0 aliphatic carbocycles. The second-order valence-corrected chi connectivity index (χ2v) is 7.73. The Hall–Kier alpha value is -0.170. The van der Waals surface area contributed by atoms with Crippen LogP contribution in [0.25, 0.3) is 0 Å². The molecule has 0 aromatic heterocycles. The van der Waals surface area contributed by atoms with E-state index < -0.39 is 10.2 Å². The first kappa shape index (κ1) is 15.2. The van der Waals surface area contributed by atoms with Gasteiger partial charge in [0.2, 0.25) is 0 Å². The van der Waals surface area contributed by atoms with E-state index >= 15 is 0 Å². The summed E-state index contributed by atoms with van der Waals surface area (Å²) in [6.45, 7) is 7.98. The van der Waals surface area contributed by atoms with Crippen LogP contribution in [0.15, 0.2) is 0 Å². The quantitative estimate of drug-likeness (QED) is 0.823. The lowest BCUT2D eigenvalue weighted by atomic mass is 10.0. The molecule has 0 radical (unpaired) electrons. The van der Waals surface area contributed by atoms with Crippen LogP contribution in [0.1, 0.15) is 39.5 Å². The Labute approximate surface area is 117 Å². The maximum Gasteiger partial charge on any atom is 0.282 e. The smallest absolute Gasteiger partial charge is 0.282 e. The maximum absolute atomic E-state index is 12.8. The molecule has 2 rings (SSSR count). The Bertz CT molecular complexity index is 371. The van der Waals surface area contributed by atoms with Gasteiger partial charge >= 0.3 is 0 Å². The molecule has 2 saturated heterocycles. The van der Waals surface area contributed by atoms with Crippen LogP contribution < -0.4 is 5.32 Å². The molecule has 1 atom stereocenters. The molecular weight excluding hydrogens is 262 g/mol. The summed E-state index contributed by atoms with van der Waals surface area (Å²) >= 11 is 0. The van der Waals surface area contributed by atoms with Crippen LogP contribution in [0, 0.1) is 5.92 Å². The summed E-state index contributed by atoms with van der Waals surface area (Å²) in [5, 5.41) is 3.27. The Kier molecular flexibility index (Phi) is 5.22. The molecule has 2 aliphatic rings.